The van der Waals surface area contributed by atoms with E-state index in [2.05, 4.69) is 18.7 Å². The molecule has 110 valence electrons. The van der Waals surface area contributed by atoms with Crippen LogP contribution >= 0.6 is 0 Å². The van der Waals surface area contributed by atoms with Crippen LogP contribution in [0.1, 0.15) is 58.8 Å². The molecular formula is C16H30N2O. The van der Waals surface area contributed by atoms with E-state index in [-0.39, 0.29) is 5.92 Å². The summed E-state index contributed by atoms with van der Waals surface area (Å²) < 4.78 is 0. The number of nitrogens with two attached hydrogens (primary N) is 1. The Balaban J connectivity index is 1.93. The summed E-state index contributed by atoms with van der Waals surface area (Å²) in [5.41, 5.74) is 6.23. The van der Waals surface area contributed by atoms with E-state index in [1.165, 1.54) is 25.7 Å². The summed E-state index contributed by atoms with van der Waals surface area (Å²) >= 11 is 0. The number of nitrogens with zero attached hydrogens (tertiary/aromatic N) is 1. The van der Waals surface area contributed by atoms with Crippen LogP contribution in [-0.2, 0) is 4.79 Å². The van der Waals surface area contributed by atoms with E-state index in [1.54, 1.807) is 0 Å². The highest BCUT2D eigenvalue weighted by atomic mass is 16.2. The van der Waals surface area contributed by atoms with Crippen molar-refractivity contribution in [2.45, 2.75) is 64.8 Å². The Morgan fingerprint density at radius 3 is 2.74 bits per heavy atom. The number of rotatable bonds is 5. The van der Waals surface area contributed by atoms with E-state index in [0.717, 1.165) is 32.4 Å². The largest absolute Gasteiger partial charge is 0.342 e. The van der Waals surface area contributed by atoms with Gasteiger partial charge >= 0.3 is 0 Å². The lowest BCUT2D eigenvalue weighted by Gasteiger charge is -2.29. The molecule has 0 spiro atoms. The van der Waals surface area contributed by atoms with Crippen molar-refractivity contribution < 1.29 is 4.79 Å². The molecule has 0 aromatic carbocycles. The van der Waals surface area contributed by atoms with Crippen LogP contribution in [-0.4, -0.2) is 29.9 Å². The van der Waals surface area contributed by atoms with Crippen LogP contribution in [0.3, 0.4) is 0 Å². The molecule has 4 atom stereocenters. The number of hydrogen-bond acceptors (Lipinski definition) is 2. The summed E-state index contributed by atoms with van der Waals surface area (Å²) in [5, 5.41) is 0. The van der Waals surface area contributed by atoms with Crippen LogP contribution < -0.4 is 5.73 Å². The van der Waals surface area contributed by atoms with Gasteiger partial charge in [0.1, 0.15) is 0 Å². The second kappa shape index (κ2) is 6.74. The van der Waals surface area contributed by atoms with E-state index in [4.69, 9.17) is 5.73 Å². The molecule has 0 aromatic heterocycles. The molecule has 1 saturated carbocycles. The molecule has 2 N–H and O–H groups in total. The topological polar surface area (TPSA) is 46.3 Å². The number of fused-ring (bicyclic) bond motifs is 1. The molecule has 19 heavy (non-hydrogen) atoms. The number of carbonyl (C=O) groups is 1. The van der Waals surface area contributed by atoms with Crippen LogP contribution in [0.15, 0.2) is 0 Å². The summed E-state index contributed by atoms with van der Waals surface area (Å²) in [4.78, 5) is 14.7. The minimum absolute atomic E-state index is 0.247. The molecule has 1 aliphatic carbocycles. The first-order valence-corrected chi connectivity index (χ1v) is 8.21. The quantitative estimate of drug-likeness (QED) is 0.831. The maximum absolute atomic E-state index is 12.6. The lowest BCUT2D eigenvalue weighted by molar-refractivity contribution is -0.135. The van der Waals surface area contributed by atoms with Crippen LogP contribution in [0.25, 0.3) is 0 Å². The zero-order valence-electron chi connectivity index (χ0n) is 12.6. The predicted molar refractivity (Wildman–Crippen MR) is 78.7 cm³/mol. The average molecular weight is 266 g/mol. The number of hydrogen-bond donors (Lipinski definition) is 1. The monoisotopic (exact) mass is 266 g/mol. The van der Waals surface area contributed by atoms with Crippen molar-refractivity contribution >= 4 is 5.91 Å². The Labute approximate surface area is 117 Å². The summed E-state index contributed by atoms with van der Waals surface area (Å²) in [5.74, 6) is 1.90. The number of carbonyl (C=O) groups excluding carboxylic acids is 1. The molecule has 3 nitrogen and oxygen atoms in total. The maximum atomic E-state index is 12.6. The summed E-state index contributed by atoms with van der Waals surface area (Å²) in [7, 11) is 0. The molecular weight excluding hydrogens is 236 g/mol. The van der Waals surface area contributed by atoms with E-state index >= 15 is 0 Å². The summed E-state index contributed by atoms with van der Waals surface area (Å²) in [6.45, 7) is 6.24. The average Bonchev–Trinajstić information content (AvgIpc) is 2.85. The normalized spacial score (nSPS) is 32.2. The second-order valence-corrected chi connectivity index (χ2v) is 6.51. The van der Waals surface area contributed by atoms with Crippen molar-refractivity contribution in [1.29, 1.82) is 0 Å². The first-order valence-electron chi connectivity index (χ1n) is 8.21. The van der Waals surface area contributed by atoms with Gasteiger partial charge in [-0.25, -0.2) is 0 Å². The van der Waals surface area contributed by atoms with Crippen molar-refractivity contribution in [3.63, 3.8) is 0 Å². The van der Waals surface area contributed by atoms with Gasteiger partial charge in [0, 0.05) is 25.0 Å². The van der Waals surface area contributed by atoms with Crippen LogP contribution in [0.4, 0.5) is 0 Å². The molecule has 0 bridgehead atoms. The van der Waals surface area contributed by atoms with Gasteiger partial charge in [-0.15, -0.1) is 0 Å². The van der Waals surface area contributed by atoms with E-state index in [1.807, 2.05) is 0 Å². The van der Waals surface area contributed by atoms with E-state index in [0.29, 0.717) is 23.8 Å². The van der Waals surface area contributed by atoms with Crippen LogP contribution in [0, 0.1) is 17.8 Å². The molecule has 0 aromatic rings. The smallest absolute Gasteiger partial charge is 0.225 e. The molecule has 1 aliphatic heterocycles. The van der Waals surface area contributed by atoms with Gasteiger partial charge in [-0.3, -0.25) is 4.79 Å². The van der Waals surface area contributed by atoms with Gasteiger partial charge in [0.15, 0.2) is 0 Å². The molecule has 1 saturated heterocycles. The summed E-state index contributed by atoms with van der Waals surface area (Å²) in [6.07, 6.45) is 8.06. The van der Waals surface area contributed by atoms with E-state index in [9.17, 15) is 4.79 Å². The Hall–Kier alpha value is -0.570. The fraction of sp³-hybridized carbons (Fsp3) is 0.938. The Morgan fingerprint density at radius 1 is 1.32 bits per heavy atom. The predicted octanol–water partition coefficient (Wildman–Crippen LogP) is 2.79. The molecule has 2 fully saturated rings. The van der Waals surface area contributed by atoms with Crippen LogP contribution in [0.5, 0.6) is 0 Å². The standard InChI is InChI=1S/C16H30N2O/c1-3-5-7-12(4-2)16(19)18-10-13-8-6-9-15(17)14(13)11-18/h12-15H,3-11,17H2,1-2H3. The molecule has 4 unspecified atom stereocenters. The third-order valence-corrected chi connectivity index (χ3v) is 5.21. The zero-order chi connectivity index (χ0) is 13.8. The lowest BCUT2D eigenvalue weighted by atomic mass is 9.78. The highest BCUT2D eigenvalue weighted by Crippen LogP contribution is 2.36. The first-order chi connectivity index (χ1) is 9.17. The van der Waals surface area contributed by atoms with Gasteiger partial charge < -0.3 is 10.6 Å². The molecule has 1 heterocycles. The maximum Gasteiger partial charge on any atom is 0.225 e. The SMILES string of the molecule is CCCCC(CC)C(=O)N1CC2CCCC(N)C2C1. The van der Waals surface area contributed by atoms with Gasteiger partial charge in [0.25, 0.3) is 0 Å². The van der Waals surface area contributed by atoms with Crippen molar-refractivity contribution in [2.75, 3.05) is 13.1 Å². The van der Waals surface area contributed by atoms with E-state index < -0.39 is 0 Å². The highest BCUT2D eigenvalue weighted by Gasteiger charge is 2.41. The third kappa shape index (κ3) is 3.31. The van der Waals surface area contributed by atoms with Gasteiger partial charge in [-0.1, -0.05) is 33.1 Å². The molecule has 1 amide bonds. The second-order valence-electron chi connectivity index (χ2n) is 6.51. The Bertz CT molecular complexity index is 305. The molecule has 3 heteroatoms. The number of likely N-dealkylation sites (tertiary alicyclic amines) is 1. The van der Waals surface area contributed by atoms with Crippen molar-refractivity contribution in [3.05, 3.63) is 0 Å². The fourth-order valence-corrected chi connectivity index (χ4v) is 3.91. The first kappa shape index (κ1) is 14.8. The zero-order valence-corrected chi connectivity index (χ0v) is 12.6. The number of unbranched alkanes of at least 4 members (excludes halogenated alkanes) is 1. The minimum Gasteiger partial charge on any atom is -0.342 e. The van der Waals surface area contributed by atoms with Crippen molar-refractivity contribution in [3.8, 4) is 0 Å². The van der Waals surface area contributed by atoms with Crippen molar-refractivity contribution in [2.24, 2.45) is 23.5 Å². The number of amides is 1. The molecule has 0 radical (unpaired) electrons. The Kier molecular flexibility index (Phi) is 5.26. The highest BCUT2D eigenvalue weighted by molar-refractivity contribution is 5.79. The van der Waals surface area contributed by atoms with Gasteiger partial charge in [0.05, 0.1) is 0 Å². The third-order valence-electron chi connectivity index (χ3n) is 5.21. The van der Waals surface area contributed by atoms with Gasteiger partial charge in [0.2, 0.25) is 5.91 Å². The summed E-state index contributed by atoms with van der Waals surface area (Å²) in [6, 6.07) is 0.326. The minimum atomic E-state index is 0.247. The Morgan fingerprint density at radius 2 is 2.11 bits per heavy atom. The van der Waals surface area contributed by atoms with Crippen molar-refractivity contribution in [1.82, 2.24) is 4.90 Å². The fourth-order valence-electron chi connectivity index (χ4n) is 3.91. The van der Waals surface area contributed by atoms with Crippen LogP contribution in [0.2, 0.25) is 0 Å². The lowest BCUT2D eigenvalue weighted by Crippen LogP contribution is -2.39. The molecule has 2 rings (SSSR count). The molecule has 2 aliphatic rings. The van der Waals surface area contributed by atoms with Gasteiger partial charge in [-0.2, -0.15) is 0 Å². The van der Waals surface area contributed by atoms with Gasteiger partial charge in [-0.05, 0) is 37.5 Å².